The van der Waals surface area contributed by atoms with Gasteiger partial charge in [-0.2, -0.15) is 9.57 Å². The van der Waals surface area contributed by atoms with E-state index in [0.717, 1.165) is 17.9 Å². The van der Waals surface area contributed by atoms with Crippen LogP contribution in [0.2, 0.25) is 0 Å². The van der Waals surface area contributed by atoms with Crippen LogP contribution in [0.15, 0.2) is 53.4 Å². The maximum Gasteiger partial charge on any atom is 0.243 e. The molecule has 1 heterocycles. The summed E-state index contributed by atoms with van der Waals surface area (Å²) in [5.41, 5.74) is 1.65. The highest BCUT2D eigenvalue weighted by atomic mass is 32.2. The van der Waals surface area contributed by atoms with Crippen molar-refractivity contribution in [1.29, 1.82) is 5.26 Å². The zero-order valence-corrected chi connectivity index (χ0v) is 16.2. The lowest BCUT2D eigenvalue weighted by molar-refractivity contribution is 0.159. The molecular formula is C20H23N3O3S. The molecule has 0 unspecified atom stereocenters. The summed E-state index contributed by atoms with van der Waals surface area (Å²) in [5, 5.41) is 8.79. The Kier molecular flexibility index (Phi) is 6.11. The van der Waals surface area contributed by atoms with E-state index in [4.69, 9.17) is 10.00 Å². The van der Waals surface area contributed by atoms with E-state index in [2.05, 4.69) is 11.0 Å². The molecule has 0 amide bonds. The SMILES string of the molecule is Cc1ccc(S(=O)(=O)N2CCN(CCOc3ccc(C#N)cc3)CC2)cc1. The molecule has 0 bridgehead atoms. The summed E-state index contributed by atoms with van der Waals surface area (Å²) in [4.78, 5) is 2.55. The Morgan fingerprint density at radius 3 is 2.22 bits per heavy atom. The number of nitrogens with zero attached hydrogens (tertiary/aromatic N) is 3. The Bertz CT molecular complexity index is 895. The van der Waals surface area contributed by atoms with Crippen molar-refractivity contribution in [2.75, 3.05) is 39.3 Å². The summed E-state index contributed by atoms with van der Waals surface area (Å²) in [6.07, 6.45) is 0. The molecule has 0 N–H and O–H groups in total. The van der Waals surface area contributed by atoms with Gasteiger partial charge >= 0.3 is 0 Å². The van der Waals surface area contributed by atoms with Crippen LogP contribution in [-0.4, -0.2) is 57.0 Å². The Morgan fingerprint density at radius 1 is 1.00 bits per heavy atom. The third-order valence-corrected chi connectivity index (χ3v) is 6.56. The third-order valence-electron chi connectivity index (χ3n) is 4.65. The minimum absolute atomic E-state index is 0.352. The van der Waals surface area contributed by atoms with Crippen molar-refractivity contribution in [3.63, 3.8) is 0 Å². The van der Waals surface area contributed by atoms with E-state index in [9.17, 15) is 8.42 Å². The van der Waals surface area contributed by atoms with Gasteiger partial charge in [0, 0.05) is 32.7 Å². The van der Waals surface area contributed by atoms with Crippen LogP contribution in [0.3, 0.4) is 0 Å². The molecule has 2 aromatic carbocycles. The van der Waals surface area contributed by atoms with E-state index in [0.29, 0.717) is 43.2 Å². The summed E-state index contributed by atoms with van der Waals surface area (Å²) in [7, 11) is -3.42. The van der Waals surface area contributed by atoms with Gasteiger partial charge in [0.05, 0.1) is 16.5 Å². The van der Waals surface area contributed by atoms with Gasteiger partial charge in [-0.1, -0.05) is 17.7 Å². The van der Waals surface area contributed by atoms with E-state index in [1.54, 1.807) is 40.7 Å². The molecule has 1 fully saturated rings. The molecule has 0 spiro atoms. The fraction of sp³-hybridized carbons (Fsp3) is 0.350. The lowest BCUT2D eigenvalue weighted by Gasteiger charge is -2.33. The number of hydrogen-bond acceptors (Lipinski definition) is 5. The lowest BCUT2D eigenvalue weighted by atomic mass is 10.2. The minimum Gasteiger partial charge on any atom is -0.492 e. The number of piperazine rings is 1. The number of aryl methyl sites for hydroxylation is 1. The van der Waals surface area contributed by atoms with Crippen LogP contribution in [0.25, 0.3) is 0 Å². The van der Waals surface area contributed by atoms with Crippen molar-refractivity contribution in [2.45, 2.75) is 11.8 Å². The lowest BCUT2D eigenvalue weighted by Crippen LogP contribution is -2.49. The Balaban J connectivity index is 1.47. The molecule has 1 aliphatic rings. The Labute approximate surface area is 160 Å². The van der Waals surface area contributed by atoms with Crippen molar-refractivity contribution >= 4 is 10.0 Å². The van der Waals surface area contributed by atoms with Gasteiger partial charge in [0.1, 0.15) is 12.4 Å². The van der Waals surface area contributed by atoms with Crippen molar-refractivity contribution in [1.82, 2.24) is 9.21 Å². The highest BCUT2D eigenvalue weighted by Gasteiger charge is 2.28. The molecular weight excluding hydrogens is 362 g/mol. The second-order valence-corrected chi connectivity index (χ2v) is 8.48. The van der Waals surface area contributed by atoms with Crippen LogP contribution in [0.5, 0.6) is 5.75 Å². The molecule has 27 heavy (non-hydrogen) atoms. The first kappa shape index (κ1) is 19.4. The van der Waals surface area contributed by atoms with Crippen LogP contribution < -0.4 is 4.74 Å². The van der Waals surface area contributed by atoms with Gasteiger partial charge in [-0.05, 0) is 43.3 Å². The zero-order chi connectivity index (χ0) is 19.3. The zero-order valence-electron chi connectivity index (χ0n) is 15.3. The quantitative estimate of drug-likeness (QED) is 0.763. The molecule has 0 aromatic heterocycles. The van der Waals surface area contributed by atoms with Crippen molar-refractivity contribution in [2.24, 2.45) is 0 Å². The van der Waals surface area contributed by atoms with E-state index in [1.165, 1.54) is 0 Å². The average molecular weight is 385 g/mol. The van der Waals surface area contributed by atoms with Crippen molar-refractivity contribution in [3.8, 4) is 11.8 Å². The fourth-order valence-electron chi connectivity index (χ4n) is 2.97. The third kappa shape index (κ3) is 4.86. The molecule has 0 saturated carbocycles. The number of hydrogen-bond donors (Lipinski definition) is 0. The van der Waals surface area contributed by atoms with Crippen LogP contribution >= 0.6 is 0 Å². The number of rotatable bonds is 6. The number of ether oxygens (including phenoxy) is 1. The van der Waals surface area contributed by atoms with Gasteiger partial charge in [-0.15, -0.1) is 0 Å². The molecule has 7 heteroatoms. The van der Waals surface area contributed by atoms with Crippen molar-refractivity contribution < 1.29 is 13.2 Å². The van der Waals surface area contributed by atoms with Crippen LogP contribution in [0.4, 0.5) is 0 Å². The summed E-state index contributed by atoms with van der Waals surface area (Å²) in [6, 6.07) is 16.1. The smallest absolute Gasteiger partial charge is 0.243 e. The molecule has 3 rings (SSSR count). The molecule has 1 aliphatic heterocycles. The minimum atomic E-state index is -3.42. The second kappa shape index (κ2) is 8.53. The predicted octanol–water partition coefficient (Wildman–Crippen LogP) is 2.25. The van der Waals surface area contributed by atoms with Gasteiger partial charge in [0.15, 0.2) is 0 Å². The normalized spacial score (nSPS) is 16.0. The Morgan fingerprint density at radius 2 is 1.63 bits per heavy atom. The summed E-state index contributed by atoms with van der Waals surface area (Å²) < 4.78 is 32.7. The van der Waals surface area contributed by atoms with E-state index in [-0.39, 0.29) is 0 Å². The van der Waals surface area contributed by atoms with Gasteiger partial charge in [0.2, 0.25) is 10.0 Å². The average Bonchev–Trinajstić information content (AvgIpc) is 2.69. The topological polar surface area (TPSA) is 73.6 Å². The largest absolute Gasteiger partial charge is 0.492 e. The summed E-state index contributed by atoms with van der Waals surface area (Å²) in [6.45, 7) is 5.52. The maximum atomic E-state index is 12.7. The maximum absolute atomic E-state index is 12.7. The first-order valence-corrected chi connectivity index (χ1v) is 10.4. The van der Waals surface area contributed by atoms with Gasteiger partial charge < -0.3 is 4.74 Å². The highest BCUT2D eigenvalue weighted by Crippen LogP contribution is 2.18. The summed E-state index contributed by atoms with van der Waals surface area (Å²) in [5.74, 6) is 0.731. The number of sulfonamides is 1. The van der Waals surface area contributed by atoms with Gasteiger partial charge in [0.25, 0.3) is 0 Å². The fourth-order valence-corrected chi connectivity index (χ4v) is 4.39. The van der Waals surface area contributed by atoms with E-state index in [1.807, 2.05) is 19.1 Å². The molecule has 0 atom stereocenters. The van der Waals surface area contributed by atoms with E-state index >= 15 is 0 Å². The highest BCUT2D eigenvalue weighted by molar-refractivity contribution is 7.89. The predicted molar refractivity (Wildman–Crippen MR) is 103 cm³/mol. The molecule has 0 radical (unpaired) electrons. The molecule has 6 nitrogen and oxygen atoms in total. The number of benzene rings is 2. The standard InChI is InChI=1S/C20H23N3O3S/c1-17-2-8-20(9-3-17)27(24,25)23-12-10-22(11-13-23)14-15-26-19-6-4-18(16-21)5-7-19/h2-9H,10-15H2,1H3. The second-order valence-electron chi connectivity index (χ2n) is 6.54. The molecule has 0 aliphatic carbocycles. The first-order chi connectivity index (χ1) is 13.0. The van der Waals surface area contributed by atoms with Gasteiger partial charge in [-0.25, -0.2) is 8.42 Å². The number of nitriles is 1. The van der Waals surface area contributed by atoms with Crippen LogP contribution in [0.1, 0.15) is 11.1 Å². The molecule has 2 aromatic rings. The van der Waals surface area contributed by atoms with E-state index < -0.39 is 10.0 Å². The summed E-state index contributed by atoms with van der Waals surface area (Å²) >= 11 is 0. The monoisotopic (exact) mass is 385 g/mol. The molecule has 1 saturated heterocycles. The molecule has 142 valence electrons. The van der Waals surface area contributed by atoms with Crippen LogP contribution in [0, 0.1) is 18.3 Å². The van der Waals surface area contributed by atoms with Gasteiger partial charge in [-0.3, -0.25) is 4.90 Å². The van der Waals surface area contributed by atoms with Crippen LogP contribution in [-0.2, 0) is 10.0 Å². The van der Waals surface area contributed by atoms with Crippen molar-refractivity contribution in [3.05, 3.63) is 59.7 Å². The first-order valence-electron chi connectivity index (χ1n) is 8.91. The Hall–Kier alpha value is -2.40.